The molecule has 1 amide bonds. The van der Waals surface area contributed by atoms with Crippen LogP contribution in [0.25, 0.3) is 0 Å². The van der Waals surface area contributed by atoms with E-state index in [-0.39, 0.29) is 25.4 Å². The van der Waals surface area contributed by atoms with Gasteiger partial charge in [0.2, 0.25) is 5.91 Å². The monoisotopic (exact) mass is 274 g/mol. The molecule has 0 aliphatic rings. The Labute approximate surface area is 115 Å². The maximum absolute atomic E-state index is 11.7. The smallest absolute Gasteiger partial charge is 0.307 e. The van der Waals surface area contributed by atoms with Crippen LogP contribution in [0.2, 0.25) is 0 Å². The minimum atomic E-state index is -0.897. The number of carboxylic acids is 1. The highest BCUT2D eigenvalue weighted by atomic mass is 16.4. The molecule has 0 radical (unpaired) electrons. The summed E-state index contributed by atoms with van der Waals surface area (Å²) in [7, 11) is 0. The summed E-state index contributed by atoms with van der Waals surface area (Å²) in [6.07, 6.45) is 3.03. The van der Waals surface area contributed by atoms with E-state index in [0.29, 0.717) is 5.56 Å². The Bertz CT molecular complexity index is 595. The summed E-state index contributed by atoms with van der Waals surface area (Å²) < 4.78 is 1.42. The lowest BCUT2D eigenvalue weighted by molar-refractivity contribution is -0.136. The molecule has 2 rings (SSSR count). The molecular formula is C13H14N4O3. The predicted octanol–water partition coefficient (Wildman–Crippen LogP) is 0.222. The van der Waals surface area contributed by atoms with Crippen molar-refractivity contribution in [1.29, 1.82) is 0 Å². The molecule has 7 heteroatoms. The van der Waals surface area contributed by atoms with Crippen LogP contribution in [-0.2, 0) is 29.1 Å². The normalized spacial score (nSPS) is 10.2. The van der Waals surface area contributed by atoms with E-state index in [2.05, 4.69) is 15.6 Å². The number of benzene rings is 1. The number of hydrogen-bond donors (Lipinski definition) is 2. The molecule has 1 aromatic carbocycles. The molecule has 1 aromatic heterocycles. The van der Waals surface area contributed by atoms with E-state index in [1.54, 1.807) is 24.4 Å². The first-order valence-electron chi connectivity index (χ1n) is 6.04. The average molecular weight is 274 g/mol. The standard InChI is InChI=1S/C13H14N4O3/c18-12(9-17-6-5-15-16-17)14-8-11-4-2-1-3-10(11)7-13(19)20/h1-6H,7-9H2,(H,14,18)(H,19,20). The van der Waals surface area contributed by atoms with Gasteiger partial charge < -0.3 is 10.4 Å². The summed E-state index contributed by atoms with van der Waals surface area (Å²) in [4.78, 5) is 22.5. The zero-order valence-corrected chi connectivity index (χ0v) is 10.7. The van der Waals surface area contributed by atoms with Crippen molar-refractivity contribution in [3.8, 4) is 0 Å². The van der Waals surface area contributed by atoms with Crippen LogP contribution in [0.3, 0.4) is 0 Å². The third-order valence-electron chi connectivity index (χ3n) is 2.71. The minimum absolute atomic E-state index is 0.0604. The average Bonchev–Trinajstić information content (AvgIpc) is 2.90. The Morgan fingerprint density at radius 1 is 1.25 bits per heavy atom. The number of aromatic nitrogens is 3. The Balaban J connectivity index is 1.93. The van der Waals surface area contributed by atoms with Crippen molar-refractivity contribution in [2.75, 3.05) is 0 Å². The quantitative estimate of drug-likeness (QED) is 0.785. The number of carbonyl (C=O) groups is 2. The second-order valence-electron chi connectivity index (χ2n) is 4.22. The number of carbonyl (C=O) groups excluding carboxylic acids is 1. The second-order valence-corrected chi connectivity index (χ2v) is 4.22. The molecule has 2 N–H and O–H groups in total. The van der Waals surface area contributed by atoms with E-state index in [1.165, 1.54) is 10.9 Å². The van der Waals surface area contributed by atoms with Crippen LogP contribution < -0.4 is 5.32 Å². The summed E-state index contributed by atoms with van der Waals surface area (Å²) in [6, 6.07) is 7.13. The van der Waals surface area contributed by atoms with Gasteiger partial charge in [0, 0.05) is 12.7 Å². The lowest BCUT2D eigenvalue weighted by atomic mass is 10.0. The van der Waals surface area contributed by atoms with Crippen molar-refractivity contribution in [1.82, 2.24) is 20.3 Å². The lowest BCUT2D eigenvalue weighted by Gasteiger charge is -2.09. The summed E-state index contributed by atoms with van der Waals surface area (Å²) >= 11 is 0. The van der Waals surface area contributed by atoms with Crippen LogP contribution in [0.4, 0.5) is 0 Å². The molecule has 0 fully saturated rings. The molecule has 0 saturated carbocycles. The van der Waals surface area contributed by atoms with Gasteiger partial charge in [-0.1, -0.05) is 29.5 Å². The van der Waals surface area contributed by atoms with Crippen LogP contribution in [0.15, 0.2) is 36.7 Å². The molecule has 0 spiro atoms. The molecule has 7 nitrogen and oxygen atoms in total. The number of hydrogen-bond acceptors (Lipinski definition) is 4. The van der Waals surface area contributed by atoms with Crippen molar-refractivity contribution in [3.05, 3.63) is 47.8 Å². The van der Waals surface area contributed by atoms with Crippen molar-refractivity contribution in [2.24, 2.45) is 0 Å². The van der Waals surface area contributed by atoms with Crippen molar-refractivity contribution in [3.63, 3.8) is 0 Å². The predicted molar refractivity (Wildman–Crippen MR) is 69.7 cm³/mol. The van der Waals surface area contributed by atoms with Crippen LogP contribution in [0.1, 0.15) is 11.1 Å². The highest BCUT2D eigenvalue weighted by Gasteiger charge is 2.08. The lowest BCUT2D eigenvalue weighted by Crippen LogP contribution is -2.27. The molecule has 104 valence electrons. The minimum Gasteiger partial charge on any atom is -0.481 e. The van der Waals surface area contributed by atoms with E-state index in [1.807, 2.05) is 6.07 Å². The summed E-state index contributed by atoms with van der Waals surface area (Å²) in [5, 5.41) is 18.9. The van der Waals surface area contributed by atoms with Crippen LogP contribution in [-0.4, -0.2) is 32.0 Å². The molecule has 0 atom stereocenters. The van der Waals surface area contributed by atoms with E-state index in [9.17, 15) is 9.59 Å². The first-order chi connectivity index (χ1) is 9.65. The van der Waals surface area contributed by atoms with Crippen molar-refractivity contribution in [2.45, 2.75) is 19.5 Å². The van der Waals surface area contributed by atoms with Crippen LogP contribution in [0.5, 0.6) is 0 Å². The molecular weight excluding hydrogens is 260 g/mol. The number of nitrogens with zero attached hydrogens (tertiary/aromatic N) is 3. The number of aliphatic carboxylic acids is 1. The molecule has 1 heterocycles. The zero-order valence-electron chi connectivity index (χ0n) is 10.7. The highest BCUT2D eigenvalue weighted by molar-refractivity contribution is 5.75. The molecule has 0 bridgehead atoms. The Kier molecular flexibility index (Phi) is 4.43. The zero-order chi connectivity index (χ0) is 14.4. The molecule has 0 unspecified atom stereocenters. The van der Waals surface area contributed by atoms with Gasteiger partial charge in [-0.25, -0.2) is 4.68 Å². The second kappa shape index (κ2) is 6.46. The maximum Gasteiger partial charge on any atom is 0.307 e. The molecule has 0 saturated heterocycles. The van der Waals surface area contributed by atoms with Gasteiger partial charge in [0.15, 0.2) is 0 Å². The Hall–Kier alpha value is -2.70. The van der Waals surface area contributed by atoms with Crippen molar-refractivity contribution < 1.29 is 14.7 Å². The topological polar surface area (TPSA) is 97.1 Å². The van der Waals surface area contributed by atoms with Gasteiger partial charge in [-0.2, -0.15) is 0 Å². The number of nitrogens with one attached hydrogen (secondary N) is 1. The summed E-state index contributed by atoms with van der Waals surface area (Å²) in [6.45, 7) is 0.373. The van der Waals surface area contributed by atoms with Gasteiger partial charge >= 0.3 is 5.97 Å². The van der Waals surface area contributed by atoms with Gasteiger partial charge in [0.1, 0.15) is 6.54 Å². The SMILES string of the molecule is O=C(O)Cc1ccccc1CNC(=O)Cn1ccnn1. The van der Waals surface area contributed by atoms with Gasteiger partial charge in [0.05, 0.1) is 12.6 Å². The van der Waals surface area contributed by atoms with E-state index in [4.69, 9.17) is 5.11 Å². The fourth-order valence-electron chi connectivity index (χ4n) is 1.78. The number of carboxylic acid groups (broad SMARTS) is 1. The molecule has 20 heavy (non-hydrogen) atoms. The molecule has 0 aliphatic carbocycles. The third kappa shape index (κ3) is 3.91. The fourth-order valence-corrected chi connectivity index (χ4v) is 1.78. The highest BCUT2D eigenvalue weighted by Crippen LogP contribution is 2.09. The van der Waals surface area contributed by atoms with Gasteiger partial charge in [-0.05, 0) is 11.1 Å². The van der Waals surface area contributed by atoms with E-state index >= 15 is 0 Å². The Morgan fingerprint density at radius 3 is 2.65 bits per heavy atom. The van der Waals surface area contributed by atoms with E-state index in [0.717, 1.165) is 5.56 Å². The van der Waals surface area contributed by atoms with Gasteiger partial charge in [-0.15, -0.1) is 5.10 Å². The molecule has 2 aromatic rings. The van der Waals surface area contributed by atoms with Crippen LogP contribution >= 0.6 is 0 Å². The molecule has 0 aliphatic heterocycles. The summed E-state index contributed by atoms with van der Waals surface area (Å²) in [5.74, 6) is -1.10. The first-order valence-corrected chi connectivity index (χ1v) is 6.04. The number of amides is 1. The first kappa shape index (κ1) is 13.7. The summed E-state index contributed by atoms with van der Waals surface area (Å²) in [5.41, 5.74) is 1.49. The van der Waals surface area contributed by atoms with Gasteiger partial charge in [-0.3, -0.25) is 9.59 Å². The Morgan fingerprint density at radius 2 is 2.00 bits per heavy atom. The van der Waals surface area contributed by atoms with Crippen LogP contribution in [0, 0.1) is 0 Å². The van der Waals surface area contributed by atoms with E-state index < -0.39 is 5.97 Å². The largest absolute Gasteiger partial charge is 0.481 e. The number of rotatable bonds is 6. The van der Waals surface area contributed by atoms with Gasteiger partial charge in [0.25, 0.3) is 0 Å². The maximum atomic E-state index is 11.7. The van der Waals surface area contributed by atoms with Crippen molar-refractivity contribution >= 4 is 11.9 Å². The third-order valence-corrected chi connectivity index (χ3v) is 2.71. The fraction of sp³-hybridized carbons (Fsp3) is 0.231.